The molecule has 0 aliphatic carbocycles. The molecule has 0 spiro atoms. The second-order valence-electron chi connectivity index (χ2n) is 9.57. The Hall–Kier alpha value is -2.34. The summed E-state index contributed by atoms with van der Waals surface area (Å²) in [6.45, 7) is 1.57. The third kappa shape index (κ3) is 6.31. The van der Waals surface area contributed by atoms with Crippen molar-refractivity contribution in [1.82, 2.24) is 14.5 Å². The minimum absolute atomic E-state index is 0.00854. The lowest BCUT2D eigenvalue weighted by molar-refractivity contribution is -0.134. The molecule has 36 heavy (non-hydrogen) atoms. The van der Waals surface area contributed by atoms with Crippen molar-refractivity contribution < 1.29 is 18.3 Å². The van der Waals surface area contributed by atoms with Crippen molar-refractivity contribution >= 4 is 44.4 Å². The summed E-state index contributed by atoms with van der Waals surface area (Å²) in [6.07, 6.45) is 3.84. The van der Waals surface area contributed by atoms with Gasteiger partial charge in [0.2, 0.25) is 15.9 Å². The highest BCUT2D eigenvalue weighted by Crippen LogP contribution is 2.26. The zero-order valence-corrected chi connectivity index (χ0v) is 21.9. The Labute approximate surface area is 217 Å². The van der Waals surface area contributed by atoms with Gasteiger partial charge in [0.25, 0.3) is 0 Å². The lowest BCUT2D eigenvalue weighted by atomic mass is 10.0. The van der Waals surface area contributed by atoms with E-state index in [1.54, 1.807) is 28.8 Å². The molecule has 9 nitrogen and oxygen atoms in total. The van der Waals surface area contributed by atoms with Gasteiger partial charge in [-0.3, -0.25) is 10.2 Å². The maximum atomic E-state index is 13.3. The number of carbonyl (C=O) groups excluding carboxylic acids is 1. The fourth-order valence-corrected chi connectivity index (χ4v) is 7.62. The molecular formula is C25H35N5O4S2. The molecule has 1 amide bonds. The summed E-state index contributed by atoms with van der Waals surface area (Å²) in [4.78, 5) is 17.0. The van der Waals surface area contributed by atoms with Crippen LogP contribution >= 0.6 is 11.8 Å². The van der Waals surface area contributed by atoms with Crippen LogP contribution in [0.5, 0.6) is 0 Å². The Morgan fingerprint density at radius 1 is 1.14 bits per heavy atom. The van der Waals surface area contributed by atoms with Crippen LogP contribution in [-0.4, -0.2) is 85.0 Å². The zero-order valence-electron chi connectivity index (χ0n) is 20.3. The van der Waals surface area contributed by atoms with Crippen LogP contribution in [0.2, 0.25) is 0 Å². The number of hydrogen-bond acceptors (Lipinski definition) is 6. The Morgan fingerprint density at radius 3 is 2.64 bits per heavy atom. The van der Waals surface area contributed by atoms with Gasteiger partial charge in [0.1, 0.15) is 6.04 Å². The largest absolute Gasteiger partial charge is 0.394 e. The van der Waals surface area contributed by atoms with E-state index in [0.29, 0.717) is 12.5 Å². The van der Waals surface area contributed by atoms with Gasteiger partial charge in [0.15, 0.2) is 5.96 Å². The molecule has 0 saturated carbocycles. The molecule has 2 heterocycles. The fourth-order valence-electron chi connectivity index (χ4n) is 5.05. The Morgan fingerprint density at radius 2 is 1.89 bits per heavy atom. The van der Waals surface area contributed by atoms with Gasteiger partial charge in [0.05, 0.1) is 11.5 Å². The quantitative estimate of drug-likeness (QED) is 0.285. The highest BCUT2D eigenvalue weighted by molar-refractivity contribution is 7.99. The SMILES string of the molecule is N=C(N)N1CCCC(CSC[C@@H]2CCCN2C(=O)[C@H](CO)NS(=O)(=O)c2ccc3ccccc3c2)C1. The van der Waals surface area contributed by atoms with E-state index in [2.05, 4.69) is 4.72 Å². The van der Waals surface area contributed by atoms with Crippen molar-refractivity contribution in [3.63, 3.8) is 0 Å². The van der Waals surface area contributed by atoms with E-state index in [9.17, 15) is 18.3 Å². The van der Waals surface area contributed by atoms with Crippen LogP contribution in [0.4, 0.5) is 0 Å². The predicted molar refractivity (Wildman–Crippen MR) is 143 cm³/mol. The molecule has 1 unspecified atom stereocenters. The maximum Gasteiger partial charge on any atom is 0.243 e. The number of benzene rings is 2. The van der Waals surface area contributed by atoms with Crippen LogP contribution in [0.1, 0.15) is 25.7 Å². The van der Waals surface area contributed by atoms with Gasteiger partial charge in [-0.2, -0.15) is 16.5 Å². The second-order valence-corrected chi connectivity index (χ2v) is 12.4. The number of likely N-dealkylation sites (tertiary alicyclic amines) is 2. The van der Waals surface area contributed by atoms with Crippen LogP contribution in [-0.2, 0) is 14.8 Å². The van der Waals surface area contributed by atoms with Gasteiger partial charge in [-0.15, -0.1) is 0 Å². The van der Waals surface area contributed by atoms with Gasteiger partial charge in [-0.1, -0.05) is 30.3 Å². The van der Waals surface area contributed by atoms with Gasteiger partial charge in [0, 0.05) is 31.4 Å². The number of carbonyl (C=O) groups is 1. The molecule has 3 atom stereocenters. The summed E-state index contributed by atoms with van der Waals surface area (Å²) in [5.41, 5.74) is 5.64. The molecule has 2 aliphatic rings. The number of hydrogen-bond donors (Lipinski definition) is 4. The molecule has 2 fully saturated rings. The van der Waals surface area contributed by atoms with E-state index in [-0.39, 0.29) is 22.8 Å². The first-order chi connectivity index (χ1) is 17.3. The molecule has 4 rings (SSSR count). The number of sulfonamides is 1. The number of piperidine rings is 1. The first-order valence-electron chi connectivity index (χ1n) is 12.4. The van der Waals surface area contributed by atoms with Crippen molar-refractivity contribution in [3.8, 4) is 0 Å². The molecule has 196 valence electrons. The monoisotopic (exact) mass is 533 g/mol. The van der Waals surface area contributed by atoms with E-state index in [4.69, 9.17) is 11.1 Å². The highest BCUT2D eigenvalue weighted by atomic mass is 32.2. The topological polar surface area (TPSA) is 140 Å². The van der Waals surface area contributed by atoms with Crippen molar-refractivity contribution in [3.05, 3.63) is 42.5 Å². The molecule has 0 aromatic heterocycles. The number of amides is 1. The third-order valence-electron chi connectivity index (χ3n) is 6.99. The summed E-state index contributed by atoms with van der Waals surface area (Å²) in [5, 5.41) is 19.3. The molecular weight excluding hydrogens is 498 g/mol. The average Bonchev–Trinajstić information content (AvgIpc) is 3.35. The number of fused-ring (bicyclic) bond motifs is 1. The fraction of sp³-hybridized carbons (Fsp3) is 0.520. The number of thioether (sulfide) groups is 1. The molecule has 11 heteroatoms. The summed E-state index contributed by atoms with van der Waals surface area (Å²) in [5.74, 6) is 1.89. The van der Waals surface area contributed by atoms with Crippen LogP contribution in [0.25, 0.3) is 10.8 Å². The summed E-state index contributed by atoms with van der Waals surface area (Å²) in [6, 6.07) is 11.1. The molecule has 0 bridgehead atoms. The summed E-state index contributed by atoms with van der Waals surface area (Å²) < 4.78 is 28.5. The van der Waals surface area contributed by atoms with Crippen LogP contribution in [0, 0.1) is 11.3 Å². The van der Waals surface area contributed by atoms with Crippen molar-refractivity contribution in [1.29, 1.82) is 5.41 Å². The predicted octanol–water partition coefficient (Wildman–Crippen LogP) is 1.81. The number of nitrogens with one attached hydrogen (secondary N) is 2. The Balaban J connectivity index is 1.35. The number of nitrogens with zero attached hydrogens (tertiary/aromatic N) is 2. The highest BCUT2D eigenvalue weighted by Gasteiger charge is 2.35. The first kappa shape index (κ1) is 26.7. The van der Waals surface area contributed by atoms with Gasteiger partial charge in [-0.05, 0) is 60.3 Å². The molecule has 2 aromatic rings. The Bertz CT molecular complexity index is 1190. The smallest absolute Gasteiger partial charge is 0.243 e. The normalized spacial score (nSPS) is 21.6. The van der Waals surface area contributed by atoms with Crippen molar-refractivity contribution in [2.45, 2.75) is 42.7 Å². The summed E-state index contributed by atoms with van der Waals surface area (Å²) >= 11 is 1.79. The van der Waals surface area contributed by atoms with Gasteiger partial charge >= 0.3 is 0 Å². The molecule has 2 saturated heterocycles. The van der Waals surface area contributed by atoms with Crippen molar-refractivity contribution in [2.24, 2.45) is 11.7 Å². The molecule has 5 N–H and O–H groups in total. The van der Waals surface area contributed by atoms with Crippen LogP contribution < -0.4 is 10.5 Å². The minimum atomic E-state index is -3.99. The van der Waals surface area contributed by atoms with E-state index in [1.807, 2.05) is 29.2 Å². The number of rotatable bonds is 9. The molecule has 0 radical (unpaired) electrons. The zero-order chi connectivity index (χ0) is 25.7. The molecule has 2 aromatic carbocycles. The van der Waals surface area contributed by atoms with Crippen molar-refractivity contribution in [2.75, 3.05) is 37.7 Å². The average molecular weight is 534 g/mol. The van der Waals surface area contributed by atoms with Gasteiger partial charge in [-0.25, -0.2) is 8.42 Å². The number of aliphatic hydroxyl groups excluding tert-OH is 1. The number of aliphatic hydroxyl groups is 1. The van der Waals surface area contributed by atoms with E-state index < -0.39 is 22.7 Å². The third-order valence-corrected chi connectivity index (χ3v) is 9.79. The van der Waals surface area contributed by atoms with E-state index in [1.165, 1.54) is 6.07 Å². The first-order valence-corrected chi connectivity index (χ1v) is 15.0. The lowest BCUT2D eigenvalue weighted by Crippen LogP contribution is -2.52. The van der Waals surface area contributed by atoms with Gasteiger partial charge < -0.3 is 20.6 Å². The second kappa shape index (κ2) is 11.8. The minimum Gasteiger partial charge on any atom is -0.394 e. The van der Waals surface area contributed by atoms with Crippen LogP contribution in [0.15, 0.2) is 47.4 Å². The summed E-state index contributed by atoms with van der Waals surface area (Å²) in [7, 11) is -3.99. The lowest BCUT2D eigenvalue weighted by Gasteiger charge is -2.33. The number of nitrogens with two attached hydrogens (primary N) is 1. The van der Waals surface area contributed by atoms with E-state index in [0.717, 1.165) is 61.1 Å². The van der Waals surface area contributed by atoms with Crippen LogP contribution in [0.3, 0.4) is 0 Å². The number of guanidine groups is 1. The Kier molecular flexibility index (Phi) is 8.76. The standard InChI is InChI=1S/C25H35N5O4S2/c26-25(27)29-11-3-5-18(14-29)16-35-17-21-8-4-12-30(21)24(32)23(15-31)28-36(33,34)22-10-9-19-6-1-2-7-20(19)13-22/h1-2,6-7,9-10,13,18,21,23,28,31H,3-5,8,11-12,14-17H2,(H3,26,27)/t18?,21-,23-/m0/s1. The molecule has 2 aliphatic heterocycles. The maximum absolute atomic E-state index is 13.3. The van der Waals surface area contributed by atoms with E-state index >= 15 is 0 Å².